The third-order valence-corrected chi connectivity index (χ3v) is 3.31. The fourth-order valence-corrected chi connectivity index (χ4v) is 2.25. The maximum atomic E-state index is 10.3. The van der Waals surface area contributed by atoms with Crippen LogP contribution in [0.2, 0.25) is 5.02 Å². The third kappa shape index (κ3) is 2.59. The SMILES string of the molecule is OC(c1cccc(Cl)c1)c1ccn(-c2ccccc2)n1. The van der Waals surface area contributed by atoms with Gasteiger partial charge in [0.25, 0.3) is 0 Å². The molecule has 3 rings (SSSR count). The number of rotatable bonds is 3. The average Bonchev–Trinajstić information content (AvgIpc) is 2.97. The molecule has 3 nitrogen and oxygen atoms in total. The van der Waals surface area contributed by atoms with Crippen molar-refractivity contribution < 1.29 is 5.11 Å². The second-order valence-electron chi connectivity index (χ2n) is 4.48. The molecular formula is C16H13ClN2O. The zero-order valence-electron chi connectivity index (χ0n) is 10.6. The molecule has 1 heterocycles. The van der Waals surface area contributed by atoms with Crippen LogP contribution in [0.1, 0.15) is 17.4 Å². The highest BCUT2D eigenvalue weighted by Crippen LogP contribution is 2.23. The minimum Gasteiger partial charge on any atom is -0.382 e. The monoisotopic (exact) mass is 284 g/mol. The molecule has 0 spiro atoms. The molecule has 0 aliphatic heterocycles. The predicted octanol–water partition coefficient (Wildman–Crippen LogP) is 3.61. The van der Waals surface area contributed by atoms with Crippen molar-refractivity contribution in [3.63, 3.8) is 0 Å². The summed E-state index contributed by atoms with van der Waals surface area (Å²) in [6.45, 7) is 0. The lowest BCUT2D eigenvalue weighted by atomic mass is 10.1. The van der Waals surface area contributed by atoms with E-state index in [0.717, 1.165) is 11.3 Å². The highest BCUT2D eigenvalue weighted by atomic mass is 35.5. The first-order valence-electron chi connectivity index (χ1n) is 6.28. The van der Waals surface area contributed by atoms with Crippen LogP contribution in [0.3, 0.4) is 0 Å². The topological polar surface area (TPSA) is 38.0 Å². The van der Waals surface area contributed by atoms with Crippen LogP contribution in [0.25, 0.3) is 5.69 Å². The van der Waals surface area contributed by atoms with E-state index in [4.69, 9.17) is 11.6 Å². The molecule has 3 aromatic rings. The lowest BCUT2D eigenvalue weighted by Gasteiger charge is -2.08. The van der Waals surface area contributed by atoms with Gasteiger partial charge in [-0.3, -0.25) is 0 Å². The van der Waals surface area contributed by atoms with Gasteiger partial charge in [-0.05, 0) is 35.9 Å². The Morgan fingerprint density at radius 1 is 1.00 bits per heavy atom. The molecule has 20 heavy (non-hydrogen) atoms. The third-order valence-electron chi connectivity index (χ3n) is 3.08. The van der Waals surface area contributed by atoms with Crippen LogP contribution >= 0.6 is 11.6 Å². The van der Waals surface area contributed by atoms with Crippen molar-refractivity contribution in [2.75, 3.05) is 0 Å². The van der Waals surface area contributed by atoms with Crippen LogP contribution in [0.5, 0.6) is 0 Å². The molecule has 1 unspecified atom stereocenters. The van der Waals surface area contributed by atoms with E-state index >= 15 is 0 Å². The summed E-state index contributed by atoms with van der Waals surface area (Å²) in [5.74, 6) is 0. The van der Waals surface area contributed by atoms with Crippen molar-refractivity contribution in [1.29, 1.82) is 0 Å². The molecular weight excluding hydrogens is 272 g/mol. The van der Waals surface area contributed by atoms with Gasteiger partial charge in [-0.2, -0.15) is 5.10 Å². The molecule has 1 atom stereocenters. The molecule has 0 radical (unpaired) electrons. The number of aromatic nitrogens is 2. The van der Waals surface area contributed by atoms with Gasteiger partial charge < -0.3 is 5.11 Å². The number of hydrogen-bond donors (Lipinski definition) is 1. The van der Waals surface area contributed by atoms with Crippen molar-refractivity contribution in [3.05, 3.63) is 83.1 Å². The lowest BCUT2D eigenvalue weighted by Crippen LogP contribution is -2.02. The van der Waals surface area contributed by atoms with Crippen molar-refractivity contribution in [3.8, 4) is 5.69 Å². The standard InChI is InChI=1S/C16H13ClN2O/c17-13-6-4-5-12(11-13)16(20)15-9-10-19(18-15)14-7-2-1-3-8-14/h1-11,16,20H. The Kier molecular flexibility index (Phi) is 3.54. The summed E-state index contributed by atoms with van der Waals surface area (Å²) in [6, 6.07) is 18.7. The van der Waals surface area contributed by atoms with Gasteiger partial charge in [-0.25, -0.2) is 4.68 Å². The van der Waals surface area contributed by atoms with Crippen LogP contribution in [0, 0.1) is 0 Å². The van der Waals surface area contributed by atoms with E-state index in [1.807, 2.05) is 48.7 Å². The zero-order valence-corrected chi connectivity index (χ0v) is 11.4. The number of halogens is 1. The van der Waals surface area contributed by atoms with Gasteiger partial charge in [0, 0.05) is 11.2 Å². The van der Waals surface area contributed by atoms with Crippen molar-refractivity contribution in [2.45, 2.75) is 6.10 Å². The molecule has 0 saturated carbocycles. The maximum Gasteiger partial charge on any atom is 0.123 e. The average molecular weight is 285 g/mol. The van der Waals surface area contributed by atoms with Gasteiger partial charge in [0.05, 0.1) is 11.4 Å². The Morgan fingerprint density at radius 3 is 2.55 bits per heavy atom. The first-order valence-corrected chi connectivity index (χ1v) is 6.66. The van der Waals surface area contributed by atoms with E-state index < -0.39 is 6.10 Å². The quantitative estimate of drug-likeness (QED) is 0.798. The highest BCUT2D eigenvalue weighted by Gasteiger charge is 2.14. The van der Waals surface area contributed by atoms with E-state index in [1.165, 1.54) is 0 Å². The molecule has 0 aliphatic carbocycles. The number of benzene rings is 2. The number of aliphatic hydroxyl groups is 1. The van der Waals surface area contributed by atoms with Crippen molar-refractivity contribution in [2.24, 2.45) is 0 Å². The van der Waals surface area contributed by atoms with E-state index in [-0.39, 0.29) is 0 Å². The summed E-state index contributed by atoms with van der Waals surface area (Å²) < 4.78 is 1.74. The number of nitrogens with zero attached hydrogens (tertiary/aromatic N) is 2. The van der Waals surface area contributed by atoms with Crippen LogP contribution in [-0.4, -0.2) is 14.9 Å². The van der Waals surface area contributed by atoms with Gasteiger partial charge in [0.2, 0.25) is 0 Å². The molecule has 4 heteroatoms. The van der Waals surface area contributed by atoms with E-state index in [2.05, 4.69) is 5.10 Å². The minimum absolute atomic E-state index is 0.594. The molecule has 0 aliphatic rings. The van der Waals surface area contributed by atoms with E-state index in [9.17, 15) is 5.11 Å². The molecule has 0 fully saturated rings. The summed E-state index contributed by atoms with van der Waals surface area (Å²) in [5, 5.41) is 15.4. The molecule has 0 amide bonds. The van der Waals surface area contributed by atoms with Gasteiger partial charge >= 0.3 is 0 Å². The number of aliphatic hydroxyl groups excluding tert-OH is 1. The molecule has 2 aromatic carbocycles. The first kappa shape index (κ1) is 12.9. The molecule has 100 valence electrons. The summed E-state index contributed by atoms with van der Waals surface area (Å²) in [4.78, 5) is 0. The summed E-state index contributed by atoms with van der Waals surface area (Å²) >= 11 is 5.94. The Hall–Kier alpha value is -2.10. The second-order valence-corrected chi connectivity index (χ2v) is 4.91. The fraction of sp³-hybridized carbons (Fsp3) is 0.0625. The zero-order chi connectivity index (χ0) is 13.9. The largest absolute Gasteiger partial charge is 0.382 e. The molecule has 1 aromatic heterocycles. The fourth-order valence-electron chi connectivity index (χ4n) is 2.06. The smallest absolute Gasteiger partial charge is 0.123 e. The van der Waals surface area contributed by atoms with Crippen LogP contribution < -0.4 is 0 Å². The Morgan fingerprint density at radius 2 is 1.80 bits per heavy atom. The van der Waals surface area contributed by atoms with E-state index in [0.29, 0.717) is 10.7 Å². The van der Waals surface area contributed by atoms with Crippen LogP contribution in [-0.2, 0) is 0 Å². The Bertz CT molecular complexity index is 709. The van der Waals surface area contributed by atoms with Crippen molar-refractivity contribution >= 4 is 11.6 Å². The first-order chi connectivity index (χ1) is 9.74. The minimum atomic E-state index is -0.779. The number of hydrogen-bond acceptors (Lipinski definition) is 2. The predicted molar refractivity (Wildman–Crippen MR) is 79.1 cm³/mol. The van der Waals surface area contributed by atoms with Gasteiger partial charge in [-0.1, -0.05) is 41.9 Å². The number of para-hydroxylation sites is 1. The molecule has 0 saturated heterocycles. The molecule has 0 bridgehead atoms. The second kappa shape index (κ2) is 5.49. The lowest BCUT2D eigenvalue weighted by molar-refractivity contribution is 0.214. The maximum absolute atomic E-state index is 10.3. The van der Waals surface area contributed by atoms with Gasteiger partial charge in [0.1, 0.15) is 6.10 Å². The van der Waals surface area contributed by atoms with Gasteiger partial charge in [-0.15, -0.1) is 0 Å². The van der Waals surface area contributed by atoms with Crippen LogP contribution in [0.15, 0.2) is 66.9 Å². The molecule has 1 N–H and O–H groups in total. The summed E-state index contributed by atoms with van der Waals surface area (Å²) in [5.41, 5.74) is 2.28. The summed E-state index contributed by atoms with van der Waals surface area (Å²) in [6.07, 6.45) is 1.05. The van der Waals surface area contributed by atoms with Crippen LogP contribution in [0.4, 0.5) is 0 Å². The Balaban J connectivity index is 1.90. The Labute approximate surface area is 122 Å². The van der Waals surface area contributed by atoms with Gasteiger partial charge in [0.15, 0.2) is 0 Å². The highest BCUT2D eigenvalue weighted by molar-refractivity contribution is 6.30. The van der Waals surface area contributed by atoms with Crippen molar-refractivity contribution in [1.82, 2.24) is 9.78 Å². The summed E-state index contributed by atoms with van der Waals surface area (Å²) in [7, 11) is 0. The van der Waals surface area contributed by atoms with E-state index in [1.54, 1.807) is 22.9 Å². The normalized spacial score (nSPS) is 12.3.